The van der Waals surface area contributed by atoms with Gasteiger partial charge in [0.2, 0.25) is 5.91 Å². The maximum absolute atomic E-state index is 13.9. The quantitative estimate of drug-likeness (QED) is 0.640. The summed E-state index contributed by atoms with van der Waals surface area (Å²) in [4.78, 5) is 16.8. The van der Waals surface area contributed by atoms with Crippen molar-refractivity contribution in [2.45, 2.75) is 56.8 Å². The molecular weight excluding hydrogens is 434 g/mol. The Kier molecular flexibility index (Phi) is 6.93. The average molecular weight is 464 g/mol. The number of nitrogens with two attached hydrogens (primary N) is 1. The molecule has 2 aromatic rings. The Balaban J connectivity index is 1.42. The second kappa shape index (κ2) is 9.71. The van der Waals surface area contributed by atoms with Crippen molar-refractivity contribution in [2.24, 2.45) is 5.73 Å². The summed E-state index contributed by atoms with van der Waals surface area (Å²) >= 11 is 0. The third-order valence-electron chi connectivity index (χ3n) is 6.63. The highest BCUT2D eigenvalue weighted by Gasteiger charge is 2.34. The minimum atomic E-state index is -4.39. The van der Waals surface area contributed by atoms with E-state index in [4.69, 9.17) is 5.73 Å². The topological polar surface area (TPSA) is 49.6 Å². The number of amides is 1. The zero-order valence-electron chi connectivity index (χ0n) is 18.5. The molecule has 178 valence electrons. The summed E-state index contributed by atoms with van der Waals surface area (Å²) in [6.45, 7) is 1.78. The molecule has 2 heterocycles. The Morgan fingerprint density at radius 3 is 2.67 bits per heavy atom. The largest absolute Gasteiger partial charge is 0.416 e. The van der Waals surface area contributed by atoms with Crippen molar-refractivity contribution >= 4 is 11.6 Å². The third kappa shape index (κ3) is 5.49. The van der Waals surface area contributed by atoms with Crippen LogP contribution >= 0.6 is 0 Å². The number of alkyl halides is 3. The smallest absolute Gasteiger partial charge is 0.369 e. The molecule has 0 radical (unpaired) electrons. The highest BCUT2D eigenvalue weighted by Crippen LogP contribution is 2.36. The molecule has 0 aromatic heterocycles. The zero-order valence-corrected chi connectivity index (χ0v) is 18.5. The third-order valence-corrected chi connectivity index (χ3v) is 6.63. The number of carbonyl (C=O) groups is 1. The Morgan fingerprint density at radius 2 is 1.91 bits per heavy atom. The van der Waals surface area contributed by atoms with Gasteiger partial charge in [0.1, 0.15) is 5.82 Å². The predicted molar refractivity (Wildman–Crippen MR) is 119 cm³/mol. The molecular formula is C25H29F4N3O. The van der Waals surface area contributed by atoms with Gasteiger partial charge in [-0.05, 0) is 61.4 Å². The van der Waals surface area contributed by atoms with Crippen LogP contribution in [0.3, 0.4) is 0 Å². The Labute approximate surface area is 191 Å². The van der Waals surface area contributed by atoms with Crippen LogP contribution < -0.4 is 10.6 Å². The van der Waals surface area contributed by atoms with Gasteiger partial charge in [0.15, 0.2) is 0 Å². The second-order valence-corrected chi connectivity index (χ2v) is 9.03. The van der Waals surface area contributed by atoms with Crippen LogP contribution in [0.1, 0.15) is 42.4 Å². The maximum atomic E-state index is 13.9. The van der Waals surface area contributed by atoms with Gasteiger partial charge in [-0.15, -0.1) is 0 Å². The molecule has 0 aliphatic carbocycles. The van der Waals surface area contributed by atoms with E-state index in [1.807, 2.05) is 9.80 Å². The van der Waals surface area contributed by atoms with Gasteiger partial charge < -0.3 is 15.5 Å². The first kappa shape index (κ1) is 23.5. The normalized spacial score (nSPS) is 19.5. The first-order chi connectivity index (χ1) is 15.7. The van der Waals surface area contributed by atoms with Crippen LogP contribution in [0.2, 0.25) is 0 Å². The summed E-state index contributed by atoms with van der Waals surface area (Å²) in [6, 6.07) is 9.78. The first-order valence-corrected chi connectivity index (χ1v) is 11.5. The fourth-order valence-electron chi connectivity index (χ4n) is 4.98. The lowest BCUT2D eigenvalue weighted by Crippen LogP contribution is -2.46. The maximum Gasteiger partial charge on any atom is 0.416 e. The molecule has 0 saturated carbocycles. The van der Waals surface area contributed by atoms with Crippen molar-refractivity contribution in [3.05, 3.63) is 65.0 Å². The van der Waals surface area contributed by atoms with Gasteiger partial charge in [-0.2, -0.15) is 13.2 Å². The summed E-state index contributed by atoms with van der Waals surface area (Å²) in [7, 11) is 0. The SMILES string of the molecule is N[C@@H](CC(=O)N1CCC[C@H]1CN1CCCc2ccc(C(F)(F)F)cc21)Cc1ccccc1F. The summed E-state index contributed by atoms with van der Waals surface area (Å²) < 4.78 is 53.7. The molecule has 2 aliphatic rings. The molecule has 1 saturated heterocycles. The van der Waals surface area contributed by atoms with E-state index >= 15 is 0 Å². The number of nitrogens with zero attached hydrogens (tertiary/aromatic N) is 2. The highest BCUT2D eigenvalue weighted by molar-refractivity contribution is 5.77. The van der Waals surface area contributed by atoms with Crippen LogP contribution in [-0.2, 0) is 23.8 Å². The molecule has 0 bridgehead atoms. The van der Waals surface area contributed by atoms with Crippen molar-refractivity contribution < 1.29 is 22.4 Å². The molecule has 4 nitrogen and oxygen atoms in total. The number of carbonyl (C=O) groups excluding carboxylic acids is 1. The number of benzene rings is 2. The van der Waals surface area contributed by atoms with Crippen LogP contribution in [0.25, 0.3) is 0 Å². The van der Waals surface area contributed by atoms with E-state index in [0.717, 1.165) is 37.3 Å². The van der Waals surface area contributed by atoms with Gasteiger partial charge in [0.05, 0.1) is 5.56 Å². The zero-order chi connectivity index (χ0) is 23.6. The van der Waals surface area contributed by atoms with Crippen LogP contribution in [0.5, 0.6) is 0 Å². The molecule has 33 heavy (non-hydrogen) atoms. The molecule has 1 fully saturated rings. The van der Waals surface area contributed by atoms with Gasteiger partial charge in [0.25, 0.3) is 0 Å². The highest BCUT2D eigenvalue weighted by atomic mass is 19.4. The fraction of sp³-hybridized carbons (Fsp3) is 0.480. The standard InChI is InChI=1S/C25H29F4N3O/c26-22-8-2-1-5-18(22)13-20(30)15-24(33)32-12-4-7-21(32)16-31-11-3-6-17-9-10-19(14-23(17)31)25(27,28)29/h1-2,5,8-10,14,20-21H,3-4,6-7,11-13,15-16,30H2/t20-,21+/m1/s1. The van der Waals surface area contributed by atoms with Gasteiger partial charge in [0, 0.05) is 43.8 Å². The summed E-state index contributed by atoms with van der Waals surface area (Å²) in [5.41, 5.74) is 7.53. The fourth-order valence-corrected chi connectivity index (χ4v) is 4.98. The predicted octanol–water partition coefficient (Wildman–Crippen LogP) is 4.55. The van der Waals surface area contributed by atoms with E-state index in [1.165, 1.54) is 12.1 Å². The summed E-state index contributed by atoms with van der Waals surface area (Å²) in [5, 5.41) is 0. The monoisotopic (exact) mass is 463 g/mol. The first-order valence-electron chi connectivity index (χ1n) is 11.5. The van der Waals surface area contributed by atoms with Crippen molar-refractivity contribution in [1.29, 1.82) is 0 Å². The molecule has 0 unspecified atom stereocenters. The number of rotatable bonds is 6. The van der Waals surface area contributed by atoms with Crippen molar-refractivity contribution in [2.75, 3.05) is 24.5 Å². The number of likely N-dealkylation sites (tertiary alicyclic amines) is 1. The average Bonchev–Trinajstić information content (AvgIpc) is 3.23. The van der Waals surface area contributed by atoms with E-state index in [1.54, 1.807) is 24.3 Å². The van der Waals surface area contributed by atoms with E-state index in [9.17, 15) is 22.4 Å². The summed E-state index contributed by atoms with van der Waals surface area (Å²) in [6.07, 6.45) is -0.728. The lowest BCUT2D eigenvalue weighted by molar-refractivity contribution is -0.137. The Bertz CT molecular complexity index is 994. The van der Waals surface area contributed by atoms with Crippen LogP contribution in [-0.4, -0.2) is 42.5 Å². The molecule has 2 atom stereocenters. The van der Waals surface area contributed by atoms with Crippen molar-refractivity contribution in [1.82, 2.24) is 4.90 Å². The molecule has 8 heteroatoms. The van der Waals surface area contributed by atoms with E-state index < -0.39 is 17.8 Å². The van der Waals surface area contributed by atoms with Crippen molar-refractivity contribution in [3.8, 4) is 0 Å². The second-order valence-electron chi connectivity index (χ2n) is 9.03. The molecule has 4 rings (SSSR count). The minimum absolute atomic E-state index is 0.0707. The minimum Gasteiger partial charge on any atom is -0.369 e. The number of halogens is 4. The number of fused-ring (bicyclic) bond motifs is 1. The molecule has 0 spiro atoms. The van der Waals surface area contributed by atoms with E-state index in [-0.39, 0.29) is 30.6 Å². The Morgan fingerprint density at radius 1 is 1.12 bits per heavy atom. The summed E-state index contributed by atoms with van der Waals surface area (Å²) in [5.74, 6) is -0.413. The molecule has 2 aromatic carbocycles. The number of aryl methyl sites for hydroxylation is 1. The van der Waals surface area contributed by atoms with E-state index in [2.05, 4.69) is 0 Å². The van der Waals surface area contributed by atoms with Gasteiger partial charge in [-0.25, -0.2) is 4.39 Å². The van der Waals surface area contributed by atoms with Crippen LogP contribution in [0.4, 0.5) is 23.2 Å². The van der Waals surface area contributed by atoms with Gasteiger partial charge in [-0.3, -0.25) is 4.79 Å². The van der Waals surface area contributed by atoms with Gasteiger partial charge >= 0.3 is 6.18 Å². The van der Waals surface area contributed by atoms with E-state index in [0.29, 0.717) is 30.9 Å². The van der Waals surface area contributed by atoms with Crippen molar-refractivity contribution in [3.63, 3.8) is 0 Å². The number of hydrogen-bond acceptors (Lipinski definition) is 3. The lowest BCUT2D eigenvalue weighted by atomic mass is 9.98. The lowest BCUT2D eigenvalue weighted by Gasteiger charge is -2.36. The van der Waals surface area contributed by atoms with Crippen LogP contribution in [0, 0.1) is 5.82 Å². The molecule has 2 aliphatic heterocycles. The van der Waals surface area contributed by atoms with Crippen LogP contribution in [0.15, 0.2) is 42.5 Å². The number of hydrogen-bond donors (Lipinski definition) is 1. The Hall–Kier alpha value is -2.61. The van der Waals surface area contributed by atoms with Gasteiger partial charge in [-0.1, -0.05) is 24.3 Å². The molecule has 2 N–H and O–H groups in total. The molecule has 1 amide bonds. The number of anilines is 1.